The molecule has 9 heteroatoms. The molecule has 154 valence electrons. The Morgan fingerprint density at radius 2 is 1.52 bits per heavy atom. The average Bonchev–Trinajstić information content (AvgIpc) is 2.69. The van der Waals surface area contributed by atoms with Crippen molar-refractivity contribution in [2.45, 2.75) is 17.1 Å². The molecule has 2 N–H and O–H groups in total. The van der Waals surface area contributed by atoms with Gasteiger partial charge in [0.2, 0.25) is 11.8 Å². The molecule has 0 bridgehead atoms. The van der Waals surface area contributed by atoms with Crippen molar-refractivity contribution >= 4 is 52.0 Å². The van der Waals surface area contributed by atoms with Crippen LogP contribution in [0.15, 0.2) is 53.4 Å². The molecule has 2 rings (SSSR count). The molecule has 0 aliphatic rings. The van der Waals surface area contributed by atoms with Gasteiger partial charge in [0, 0.05) is 30.4 Å². The molecule has 0 aliphatic heterocycles. The van der Waals surface area contributed by atoms with Gasteiger partial charge in [0.25, 0.3) is 5.24 Å². The zero-order valence-corrected chi connectivity index (χ0v) is 17.9. The minimum absolute atomic E-state index is 0.0780. The Hall–Kier alpha value is -2.52. The number of halogens is 1. The first-order valence-electron chi connectivity index (χ1n) is 8.71. The van der Waals surface area contributed by atoms with Gasteiger partial charge in [0.1, 0.15) is 5.82 Å². The van der Waals surface area contributed by atoms with E-state index < -0.39 is 5.25 Å². The second-order valence-electron chi connectivity index (χ2n) is 6.28. The molecule has 0 fully saturated rings. The summed E-state index contributed by atoms with van der Waals surface area (Å²) in [5.74, 6) is -0.782. The van der Waals surface area contributed by atoms with Gasteiger partial charge in [-0.2, -0.15) is 0 Å². The topological polar surface area (TPSA) is 78.5 Å². The number of hydrogen-bond donors (Lipinski definition) is 2. The third kappa shape index (κ3) is 7.78. The molecule has 0 radical (unpaired) electrons. The van der Waals surface area contributed by atoms with Crippen molar-refractivity contribution in [3.8, 4) is 0 Å². The average molecular weight is 436 g/mol. The van der Waals surface area contributed by atoms with E-state index in [-0.39, 0.29) is 28.6 Å². The summed E-state index contributed by atoms with van der Waals surface area (Å²) in [5, 5.41) is 4.91. The number of carbonyl (C=O) groups is 3. The van der Waals surface area contributed by atoms with E-state index in [9.17, 15) is 18.8 Å². The van der Waals surface area contributed by atoms with Gasteiger partial charge in [-0.1, -0.05) is 0 Å². The molecule has 29 heavy (non-hydrogen) atoms. The van der Waals surface area contributed by atoms with Crippen molar-refractivity contribution < 1.29 is 18.8 Å². The first-order chi connectivity index (χ1) is 13.7. The zero-order chi connectivity index (χ0) is 21.4. The number of nitrogens with one attached hydrogen (secondary N) is 2. The summed E-state index contributed by atoms with van der Waals surface area (Å²) in [7, 11) is 3.37. The van der Waals surface area contributed by atoms with Crippen molar-refractivity contribution in [3.63, 3.8) is 0 Å². The van der Waals surface area contributed by atoms with Crippen molar-refractivity contribution in [1.29, 1.82) is 0 Å². The molecular weight excluding hydrogens is 413 g/mol. The van der Waals surface area contributed by atoms with E-state index in [0.717, 1.165) is 16.7 Å². The van der Waals surface area contributed by atoms with Crippen LogP contribution in [0.1, 0.15) is 6.92 Å². The quantitative estimate of drug-likeness (QED) is 0.634. The summed E-state index contributed by atoms with van der Waals surface area (Å²) < 4.78 is 12.9. The largest absolute Gasteiger partial charge is 0.339 e. The van der Waals surface area contributed by atoms with E-state index in [1.807, 2.05) is 0 Å². The second-order valence-corrected chi connectivity index (χ2v) is 8.64. The van der Waals surface area contributed by atoms with Crippen LogP contribution in [0.3, 0.4) is 0 Å². The van der Waals surface area contributed by atoms with E-state index in [1.165, 1.54) is 40.9 Å². The van der Waals surface area contributed by atoms with Crippen molar-refractivity contribution in [3.05, 3.63) is 54.3 Å². The fourth-order valence-electron chi connectivity index (χ4n) is 2.05. The predicted octanol–water partition coefficient (Wildman–Crippen LogP) is 4.30. The van der Waals surface area contributed by atoms with E-state index >= 15 is 0 Å². The monoisotopic (exact) mass is 435 g/mol. The first kappa shape index (κ1) is 22.8. The maximum absolute atomic E-state index is 12.9. The van der Waals surface area contributed by atoms with Crippen LogP contribution in [0.5, 0.6) is 0 Å². The molecular formula is C20H22FN3O3S2. The van der Waals surface area contributed by atoms with Crippen LogP contribution in [-0.4, -0.2) is 47.1 Å². The minimum Gasteiger partial charge on any atom is -0.339 e. The number of rotatable bonds is 7. The van der Waals surface area contributed by atoms with E-state index in [1.54, 1.807) is 45.3 Å². The van der Waals surface area contributed by atoms with Gasteiger partial charge in [-0.15, -0.1) is 11.8 Å². The smallest absolute Gasteiger partial charge is 0.285 e. The molecule has 1 unspecified atom stereocenters. The number of benzene rings is 2. The Bertz CT molecular complexity index is 858. The summed E-state index contributed by atoms with van der Waals surface area (Å²) >= 11 is 2.30. The molecule has 0 saturated carbocycles. The van der Waals surface area contributed by atoms with Crippen LogP contribution in [0.25, 0.3) is 0 Å². The summed E-state index contributed by atoms with van der Waals surface area (Å²) in [6.07, 6.45) is 0. The zero-order valence-electron chi connectivity index (χ0n) is 16.3. The van der Waals surface area contributed by atoms with Gasteiger partial charge in [-0.3, -0.25) is 14.4 Å². The van der Waals surface area contributed by atoms with Crippen LogP contribution in [0, 0.1) is 5.82 Å². The predicted molar refractivity (Wildman–Crippen MR) is 117 cm³/mol. The molecule has 2 aromatic rings. The van der Waals surface area contributed by atoms with Crippen LogP contribution in [0.2, 0.25) is 0 Å². The number of hydrogen-bond acceptors (Lipinski definition) is 5. The number of nitrogens with zero attached hydrogens (tertiary/aromatic N) is 1. The maximum atomic E-state index is 12.9. The highest BCUT2D eigenvalue weighted by atomic mass is 32.2. The maximum Gasteiger partial charge on any atom is 0.285 e. The molecule has 2 aromatic carbocycles. The molecule has 0 aromatic heterocycles. The lowest BCUT2D eigenvalue weighted by atomic mass is 10.3. The highest BCUT2D eigenvalue weighted by Gasteiger charge is 2.16. The van der Waals surface area contributed by atoms with E-state index in [0.29, 0.717) is 11.4 Å². The first-order valence-corrected chi connectivity index (χ1v) is 10.6. The molecule has 3 amide bonds. The van der Waals surface area contributed by atoms with Crippen LogP contribution in [-0.2, 0) is 9.59 Å². The van der Waals surface area contributed by atoms with Gasteiger partial charge < -0.3 is 15.5 Å². The SMILES string of the molecule is CC(SCC(=O)Nc1ccc(F)cc1)C(=O)Nc1ccc(SC(=O)N(C)C)cc1. The number of amides is 3. The molecule has 0 spiro atoms. The Kier molecular flexibility index (Phi) is 8.53. The number of carbonyl (C=O) groups excluding carboxylic acids is 3. The minimum atomic E-state index is -0.446. The Morgan fingerprint density at radius 1 is 0.966 bits per heavy atom. The standard InChI is InChI=1S/C20H22FN3O3S2/c1-13(28-12-18(25)22-15-6-4-14(21)5-7-15)19(26)23-16-8-10-17(11-9-16)29-20(27)24(2)3/h4-11,13H,12H2,1-3H3,(H,22,25)(H,23,26). The fraction of sp³-hybridized carbons (Fsp3) is 0.250. The van der Waals surface area contributed by atoms with Crippen molar-refractivity contribution in [2.75, 3.05) is 30.5 Å². The van der Waals surface area contributed by atoms with Gasteiger partial charge in [-0.25, -0.2) is 4.39 Å². The van der Waals surface area contributed by atoms with E-state index in [2.05, 4.69) is 10.6 Å². The van der Waals surface area contributed by atoms with E-state index in [4.69, 9.17) is 0 Å². The van der Waals surface area contributed by atoms with Crippen LogP contribution < -0.4 is 10.6 Å². The lowest BCUT2D eigenvalue weighted by Crippen LogP contribution is -2.25. The number of thioether (sulfide) groups is 2. The Balaban J connectivity index is 1.78. The molecule has 6 nitrogen and oxygen atoms in total. The fourth-order valence-corrected chi connectivity index (χ4v) is 3.39. The van der Waals surface area contributed by atoms with Gasteiger partial charge in [0.15, 0.2) is 0 Å². The van der Waals surface area contributed by atoms with Gasteiger partial charge >= 0.3 is 0 Å². The van der Waals surface area contributed by atoms with Crippen molar-refractivity contribution in [1.82, 2.24) is 4.90 Å². The van der Waals surface area contributed by atoms with Gasteiger partial charge in [-0.05, 0) is 67.2 Å². The Labute approximate surface area is 177 Å². The summed E-state index contributed by atoms with van der Waals surface area (Å²) in [4.78, 5) is 38.2. The Morgan fingerprint density at radius 3 is 2.10 bits per heavy atom. The summed E-state index contributed by atoms with van der Waals surface area (Å²) in [6, 6.07) is 12.4. The third-order valence-corrected chi connectivity index (χ3v) is 5.84. The molecule has 1 atom stereocenters. The molecule has 0 aliphatic carbocycles. The normalized spacial score (nSPS) is 11.4. The lowest BCUT2D eigenvalue weighted by Gasteiger charge is -2.13. The second kappa shape index (κ2) is 10.9. The van der Waals surface area contributed by atoms with Crippen molar-refractivity contribution in [2.24, 2.45) is 0 Å². The molecule has 0 saturated heterocycles. The van der Waals surface area contributed by atoms with Gasteiger partial charge in [0.05, 0.1) is 11.0 Å². The highest BCUT2D eigenvalue weighted by Crippen LogP contribution is 2.23. The lowest BCUT2D eigenvalue weighted by molar-refractivity contribution is -0.115. The van der Waals surface area contributed by atoms with Crippen LogP contribution in [0.4, 0.5) is 20.6 Å². The molecule has 0 heterocycles. The highest BCUT2D eigenvalue weighted by molar-refractivity contribution is 8.13. The summed E-state index contributed by atoms with van der Waals surface area (Å²) in [6.45, 7) is 1.71. The van der Waals surface area contributed by atoms with Crippen LogP contribution >= 0.6 is 23.5 Å². The summed E-state index contributed by atoms with van der Waals surface area (Å²) in [5.41, 5.74) is 1.11. The third-order valence-electron chi connectivity index (χ3n) is 3.65. The number of anilines is 2.